The van der Waals surface area contributed by atoms with E-state index in [1.165, 1.54) is 0 Å². The van der Waals surface area contributed by atoms with Gasteiger partial charge in [-0.15, -0.1) is 0 Å². The molecule has 1 aromatic heterocycles. The normalized spacial score (nSPS) is 20.4. The van der Waals surface area contributed by atoms with E-state index in [1.807, 2.05) is 12.1 Å². The van der Waals surface area contributed by atoms with Crippen molar-refractivity contribution in [3.8, 4) is 6.07 Å². The van der Waals surface area contributed by atoms with Crippen LogP contribution in [0.3, 0.4) is 0 Å². The predicted molar refractivity (Wildman–Crippen MR) is 51.8 cm³/mol. The molecule has 4 nitrogen and oxygen atoms in total. The first-order valence-corrected chi connectivity index (χ1v) is 4.59. The molecule has 0 radical (unpaired) electrons. The molecule has 2 rings (SSSR count). The van der Waals surface area contributed by atoms with Crippen LogP contribution in [0.1, 0.15) is 12.1 Å². The quantitative estimate of drug-likeness (QED) is 0.758. The fraction of sp³-hybridized carbons (Fsp3) is 0.400. The first-order valence-electron chi connectivity index (χ1n) is 4.59. The first kappa shape index (κ1) is 8.97. The van der Waals surface area contributed by atoms with Crippen LogP contribution in [0.4, 0.5) is 5.69 Å². The number of nitrogens with zero attached hydrogens (tertiary/aromatic N) is 2. The van der Waals surface area contributed by atoms with E-state index in [1.54, 1.807) is 6.20 Å². The highest BCUT2D eigenvalue weighted by atomic mass is 16.5. The number of hydrogen-bond acceptors (Lipinski definition) is 4. The van der Waals surface area contributed by atoms with E-state index in [2.05, 4.69) is 16.4 Å². The lowest BCUT2D eigenvalue weighted by molar-refractivity contribution is 0.195. The summed E-state index contributed by atoms with van der Waals surface area (Å²) in [5, 5.41) is 12.1. The molecule has 1 fully saturated rings. The van der Waals surface area contributed by atoms with Gasteiger partial charge in [-0.05, 0) is 18.6 Å². The first-order chi connectivity index (χ1) is 6.90. The number of pyridine rings is 1. The zero-order valence-electron chi connectivity index (χ0n) is 7.73. The second-order valence-corrected chi connectivity index (χ2v) is 3.22. The highest BCUT2D eigenvalue weighted by molar-refractivity contribution is 5.53. The fourth-order valence-corrected chi connectivity index (χ4v) is 1.48. The average Bonchev–Trinajstić information content (AvgIpc) is 2.71. The maximum atomic E-state index is 8.81. The van der Waals surface area contributed by atoms with E-state index < -0.39 is 0 Å². The number of ether oxygens (including phenoxy) is 1. The van der Waals surface area contributed by atoms with Crippen LogP contribution in [-0.4, -0.2) is 24.2 Å². The van der Waals surface area contributed by atoms with E-state index in [0.717, 1.165) is 18.7 Å². The summed E-state index contributed by atoms with van der Waals surface area (Å²) in [7, 11) is 0. The lowest BCUT2D eigenvalue weighted by Gasteiger charge is -2.12. The van der Waals surface area contributed by atoms with Crippen LogP contribution < -0.4 is 5.32 Å². The second-order valence-electron chi connectivity index (χ2n) is 3.22. The Balaban J connectivity index is 2.11. The van der Waals surface area contributed by atoms with Gasteiger partial charge in [0.2, 0.25) is 0 Å². The van der Waals surface area contributed by atoms with Crippen molar-refractivity contribution >= 4 is 5.69 Å². The Morgan fingerprint density at radius 2 is 2.57 bits per heavy atom. The molecule has 0 aromatic carbocycles. The van der Waals surface area contributed by atoms with Crippen molar-refractivity contribution in [2.45, 2.75) is 12.5 Å². The zero-order valence-corrected chi connectivity index (χ0v) is 7.73. The van der Waals surface area contributed by atoms with Gasteiger partial charge in [-0.1, -0.05) is 0 Å². The van der Waals surface area contributed by atoms with Gasteiger partial charge < -0.3 is 10.1 Å². The minimum Gasteiger partial charge on any atom is -0.379 e. The van der Waals surface area contributed by atoms with Crippen molar-refractivity contribution in [1.29, 1.82) is 5.26 Å². The van der Waals surface area contributed by atoms with Gasteiger partial charge in [-0.3, -0.25) is 0 Å². The molecule has 0 aliphatic carbocycles. The van der Waals surface area contributed by atoms with Crippen LogP contribution in [0.5, 0.6) is 0 Å². The number of hydrogen-bond donors (Lipinski definition) is 1. The lowest BCUT2D eigenvalue weighted by atomic mass is 10.2. The molecule has 2 heterocycles. The van der Waals surface area contributed by atoms with Gasteiger partial charge in [-0.2, -0.15) is 5.26 Å². The number of aromatic nitrogens is 1. The summed E-state index contributed by atoms with van der Waals surface area (Å²) < 4.78 is 5.24. The minimum atomic E-state index is 0.311. The summed E-state index contributed by atoms with van der Waals surface area (Å²) in [6.07, 6.45) is 2.61. The van der Waals surface area contributed by atoms with E-state index in [9.17, 15) is 0 Å². The van der Waals surface area contributed by atoms with E-state index in [0.29, 0.717) is 18.3 Å². The Hall–Kier alpha value is -1.60. The molecule has 14 heavy (non-hydrogen) atoms. The van der Waals surface area contributed by atoms with Crippen molar-refractivity contribution in [3.05, 3.63) is 24.0 Å². The third kappa shape index (κ3) is 1.83. The summed E-state index contributed by atoms with van der Waals surface area (Å²) in [5.74, 6) is 0. The van der Waals surface area contributed by atoms with Gasteiger partial charge in [0.1, 0.15) is 6.07 Å². The molecular formula is C10H11N3O. The molecule has 4 heteroatoms. The number of nitrogens with one attached hydrogen (secondary N) is 1. The molecule has 1 aliphatic heterocycles. The van der Waals surface area contributed by atoms with Gasteiger partial charge in [0.15, 0.2) is 5.69 Å². The molecular weight excluding hydrogens is 178 g/mol. The van der Waals surface area contributed by atoms with Crippen molar-refractivity contribution in [2.24, 2.45) is 0 Å². The molecule has 1 saturated heterocycles. The predicted octanol–water partition coefficient (Wildman–Crippen LogP) is 1.15. The number of rotatable bonds is 2. The fourth-order valence-electron chi connectivity index (χ4n) is 1.48. The molecule has 0 spiro atoms. The molecule has 0 amide bonds. The van der Waals surface area contributed by atoms with Crippen molar-refractivity contribution in [1.82, 2.24) is 4.98 Å². The number of nitriles is 1. The molecule has 0 saturated carbocycles. The highest BCUT2D eigenvalue weighted by Crippen LogP contribution is 2.15. The average molecular weight is 189 g/mol. The zero-order chi connectivity index (χ0) is 9.80. The van der Waals surface area contributed by atoms with Crippen LogP contribution in [0.25, 0.3) is 0 Å². The van der Waals surface area contributed by atoms with Gasteiger partial charge in [0, 0.05) is 12.8 Å². The van der Waals surface area contributed by atoms with Crippen LogP contribution in [0.2, 0.25) is 0 Å². The van der Waals surface area contributed by atoms with E-state index in [4.69, 9.17) is 10.00 Å². The largest absolute Gasteiger partial charge is 0.379 e. The SMILES string of the molecule is N#Cc1ncccc1NC1CCOC1. The molecule has 1 N–H and O–H groups in total. The standard InChI is InChI=1S/C10H11N3O/c11-6-10-9(2-1-4-12-10)13-8-3-5-14-7-8/h1-2,4,8,13H,3,5,7H2. The van der Waals surface area contributed by atoms with Gasteiger partial charge in [0.25, 0.3) is 0 Å². The van der Waals surface area contributed by atoms with E-state index >= 15 is 0 Å². The Bertz CT molecular complexity index is 353. The van der Waals surface area contributed by atoms with Crippen molar-refractivity contribution in [3.63, 3.8) is 0 Å². The summed E-state index contributed by atoms with van der Waals surface area (Å²) >= 11 is 0. The minimum absolute atomic E-state index is 0.311. The van der Waals surface area contributed by atoms with Crippen molar-refractivity contribution in [2.75, 3.05) is 18.5 Å². The van der Waals surface area contributed by atoms with Crippen LogP contribution in [0.15, 0.2) is 18.3 Å². The molecule has 72 valence electrons. The summed E-state index contributed by atoms with van der Waals surface area (Å²) in [6.45, 7) is 1.50. The maximum Gasteiger partial charge on any atom is 0.163 e. The lowest BCUT2D eigenvalue weighted by Crippen LogP contribution is -2.19. The van der Waals surface area contributed by atoms with Crippen LogP contribution >= 0.6 is 0 Å². The molecule has 1 unspecified atom stereocenters. The monoisotopic (exact) mass is 189 g/mol. The van der Waals surface area contributed by atoms with Crippen LogP contribution in [-0.2, 0) is 4.74 Å². The van der Waals surface area contributed by atoms with Gasteiger partial charge in [0.05, 0.1) is 18.3 Å². The topological polar surface area (TPSA) is 57.9 Å². The van der Waals surface area contributed by atoms with Gasteiger partial charge in [-0.25, -0.2) is 4.98 Å². The summed E-state index contributed by atoms with van der Waals surface area (Å²) in [6, 6.07) is 6.05. The Kier molecular flexibility index (Phi) is 2.61. The third-order valence-electron chi connectivity index (χ3n) is 2.20. The molecule has 0 bridgehead atoms. The summed E-state index contributed by atoms with van der Waals surface area (Å²) in [4.78, 5) is 3.97. The highest BCUT2D eigenvalue weighted by Gasteiger charge is 2.16. The second kappa shape index (κ2) is 4.07. The van der Waals surface area contributed by atoms with Crippen LogP contribution in [0, 0.1) is 11.3 Å². The number of anilines is 1. The third-order valence-corrected chi connectivity index (χ3v) is 2.20. The smallest absolute Gasteiger partial charge is 0.163 e. The molecule has 1 aliphatic rings. The Morgan fingerprint density at radius 1 is 1.64 bits per heavy atom. The molecule has 1 aromatic rings. The Labute approximate surface area is 82.5 Å². The molecule has 1 atom stereocenters. The Morgan fingerprint density at radius 3 is 3.29 bits per heavy atom. The summed E-state index contributed by atoms with van der Waals surface area (Å²) in [5.41, 5.74) is 1.24. The maximum absolute atomic E-state index is 8.81. The van der Waals surface area contributed by atoms with E-state index in [-0.39, 0.29) is 0 Å². The van der Waals surface area contributed by atoms with Gasteiger partial charge >= 0.3 is 0 Å². The van der Waals surface area contributed by atoms with Crippen molar-refractivity contribution < 1.29 is 4.74 Å².